The van der Waals surface area contributed by atoms with Gasteiger partial charge in [-0.2, -0.15) is 5.10 Å². The molecule has 0 fully saturated rings. The Morgan fingerprint density at radius 2 is 2.07 bits per heavy atom. The molecular weight excluding hydrogens is 342 g/mol. The molecule has 0 bridgehead atoms. The van der Waals surface area contributed by atoms with Gasteiger partial charge in [0.1, 0.15) is 0 Å². The molecule has 0 aliphatic rings. The van der Waals surface area contributed by atoms with Crippen LogP contribution in [0.2, 0.25) is 0 Å². The van der Waals surface area contributed by atoms with Crippen molar-refractivity contribution in [2.24, 2.45) is 7.05 Å². The van der Waals surface area contributed by atoms with Gasteiger partial charge in [-0.15, -0.1) is 0 Å². The van der Waals surface area contributed by atoms with Crippen LogP contribution in [0, 0.1) is 0 Å². The van der Waals surface area contributed by atoms with Crippen molar-refractivity contribution >= 4 is 22.2 Å². The zero-order valence-corrected chi connectivity index (χ0v) is 14.5. The van der Waals surface area contributed by atoms with E-state index in [1.807, 2.05) is 43.6 Å². The summed E-state index contributed by atoms with van der Waals surface area (Å²) in [5, 5.41) is 5.20. The van der Waals surface area contributed by atoms with Crippen molar-refractivity contribution in [2.75, 3.05) is 0 Å². The number of hydrogen-bond donors (Lipinski definition) is 1. The number of aryl methyl sites for hydroxylation is 1. The third-order valence-electron chi connectivity index (χ3n) is 4.49. The maximum absolute atomic E-state index is 12.5. The van der Waals surface area contributed by atoms with Gasteiger partial charge in [0.15, 0.2) is 11.3 Å². The third-order valence-corrected chi connectivity index (χ3v) is 4.49. The summed E-state index contributed by atoms with van der Waals surface area (Å²) in [6.45, 7) is 0.398. The third kappa shape index (κ3) is 2.67. The summed E-state index contributed by atoms with van der Waals surface area (Å²) >= 11 is 0. The van der Waals surface area contributed by atoms with E-state index in [1.165, 1.54) is 0 Å². The van der Waals surface area contributed by atoms with Gasteiger partial charge in [-0.3, -0.25) is 19.2 Å². The van der Waals surface area contributed by atoms with Crippen molar-refractivity contribution in [3.63, 3.8) is 0 Å². The van der Waals surface area contributed by atoms with Gasteiger partial charge >= 0.3 is 5.69 Å². The van der Waals surface area contributed by atoms with Gasteiger partial charge in [0.05, 0.1) is 30.1 Å². The average Bonchev–Trinajstić information content (AvgIpc) is 3.25. The molecule has 0 radical (unpaired) electrons. The molecule has 0 aliphatic carbocycles. The number of rotatable bonds is 3. The Balaban J connectivity index is 1.60. The van der Waals surface area contributed by atoms with E-state index >= 15 is 0 Å². The molecule has 0 aliphatic heterocycles. The van der Waals surface area contributed by atoms with E-state index in [-0.39, 0.29) is 5.69 Å². The fourth-order valence-electron chi connectivity index (χ4n) is 3.17. The zero-order chi connectivity index (χ0) is 18.4. The first-order valence-corrected chi connectivity index (χ1v) is 8.45. The highest BCUT2D eigenvalue weighted by molar-refractivity contribution is 5.79. The fourth-order valence-corrected chi connectivity index (χ4v) is 3.17. The Bertz CT molecular complexity index is 1350. The van der Waals surface area contributed by atoms with Crippen molar-refractivity contribution in [1.82, 2.24) is 34.3 Å². The molecule has 27 heavy (non-hydrogen) atoms. The molecule has 0 spiro atoms. The van der Waals surface area contributed by atoms with Gasteiger partial charge in [0.25, 0.3) is 0 Å². The van der Waals surface area contributed by atoms with Crippen LogP contribution in [0.3, 0.4) is 0 Å². The normalized spacial score (nSPS) is 11.4. The molecule has 5 rings (SSSR count). The first-order chi connectivity index (χ1) is 13.2. The highest BCUT2D eigenvalue weighted by Gasteiger charge is 2.13. The Labute approximate surface area is 153 Å². The minimum Gasteiger partial charge on any atom is -0.289 e. The van der Waals surface area contributed by atoms with E-state index < -0.39 is 0 Å². The second-order valence-electron chi connectivity index (χ2n) is 6.38. The molecule has 0 saturated carbocycles. The SMILES string of the molecule is Cn1cc(-c2cnc3[nH]c(=O)n(Cc4ccc5ncccc5c4)c3n2)cn1. The standard InChI is InChI=1S/C19H15N7O/c1-25-11-14(8-22-25)16-9-21-17-18(23-16)26(19(27)24-17)10-12-4-5-15-13(7-12)3-2-6-20-15/h2-9,11H,10H2,1H3,(H,21,24,27). The number of H-pyrrole nitrogens is 1. The van der Waals surface area contributed by atoms with Crippen molar-refractivity contribution in [1.29, 1.82) is 0 Å². The fraction of sp³-hybridized carbons (Fsp3) is 0.105. The van der Waals surface area contributed by atoms with Crippen LogP contribution < -0.4 is 5.69 Å². The maximum Gasteiger partial charge on any atom is 0.329 e. The second kappa shape index (κ2) is 5.87. The maximum atomic E-state index is 12.5. The summed E-state index contributed by atoms with van der Waals surface area (Å²) in [5.41, 5.74) is 4.19. The number of fused-ring (bicyclic) bond motifs is 2. The first kappa shape index (κ1) is 15.4. The smallest absolute Gasteiger partial charge is 0.289 e. The number of benzene rings is 1. The molecule has 4 aromatic heterocycles. The Morgan fingerprint density at radius 1 is 1.15 bits per heavy atom. The summed E-state index contributed by atoms with van der Waals surface area (Å²) in [6.07, 6.45) is 6.99. The van der Waals surface area contributed by atoms with Crippen molar-refractivity contribution < 1.29 is 0 Å². The zero-order valence-electron chi connectivity index (χ0n) is 14.5. The molecule has 0 unspecified atom stereocenters. The van der Waals surface area contributed by atoms with E-state index in [0.29, 0.717) is 23.5 Å². The number of hydrogen-bond acceptors (Lipinski definition) is 5. The summed E-state index contributed by atoms with van der Waals surface area (Å²) in [4.78, 5) is 28.6. The van der Waals surface area contributed by atoms with E-state index in [4.69, 9.17) is 0 Å². The van der Waals surface area contributed by atoms with E-state index in [0.717, 1.165) is 22.0 Å². The Morgan fingerprint density at radius 3 is 2.93 bits per heavy atom. The molecule has 132 valence electrons. The minimum absolute atomic E-state index is 0.236. The average molecular weight is 357 g/mol. The molecular formula is C19H15N7O. The van der Waals surface area contributed by atoms with Crippen LogP contribution in [0.4, 0.5) is 0 Å². The molecule has 8 heteroatoms. The number of aromatic nitrogens is 7. The van der Waals surface area contributed by atoms with Gasteiger partial charge in [-0.25, -0.2) is 14.8 Å². The van der Waals surface area contributed by atoms with Gasteiger partial charge < -0.3 is 0 Å². The Kier molecular flexibility index (Phi) is 3.36. The van der Waals surface area contributed by atoms with Crippen molar-refractivity contribution in [3.05, 3.63) is 71.2 Å². The topological polar surface area (TPSA) is 94.3 Å². The van der Waals surface area contributed by atoms with E-state index in [2.05, 4.69) is 25.0 Å². The molecule has 5 aromatic rings. The number of pyridine rings is 1. The second-order valence-corrected chi connectivity index (χ2v) is 6.38. The van der Waals surface area contributed by atoms with Crippen molar-refractivity contribution in [2.45, 2.75) is 6.54 Å². The molecule has 0 amide bonds. The molecule has 1 N–H and O–H groups in total. The van der Waals surface area contributed by atoms with Crippen LogP contribution >= 0.6 is 0 Å². The first-order valence-electron chi connectivity index (χ1n) is 8.45. The van der Waals surface area contributed by atoms with Crippen LogP contribution in [-0.4, -0.2) is 34.3 Å². The molecule has 0 saturated heterocycles. The van der Waals surface area contributed by atoms with Gasteiger partial charge in [0.2, 0.25) is 0 Å². The monoisotopic (exact) mass is 357 g/mol. The molecule has 8 nitrogen and oxygen atoms in total. The minimum atomic E-state index is -0.236. The van der Waals surface area contributed by atoms with Crippen LogP contribution in [-0.2, 0) is 13.6 Å². The highest BCUT2D eigenvalue weighted by Crippen LogP contribution is 2.18. The van der Waals surface area contributed by atoms with Crippen molar-refractivity contribution in [3.8, 4) is 11.3 Å². The lowest BCUT2D eigenvalue weighted by Crippen LogP contribution is -2.17. The number of nitrogens with one attached hydrogen (secondary N) is 1. The number of nitrogens with zero attached hydrogens (tertiary/aromatic N) is 6. The quantitative estimate of drug-likeness (QED) is 0.534. The summed E-state index contributed by atoms with van der Waals surface area (Å²) in [5.74, 6) is 0. The largest absolute Gasteiger partial charge is 0.329 e. The lowest BCUT2D eigenvalue weighted by Gasteiger charge is -2.05. The van der Waals surface area contributed by atoms with Gasteiger partial charge in [-0.05, 0) is 23.8 Å². The lowest BCUT2D eigenvalue weighted by molar-refractivity contribution is 0.768. The number of aromatic amines is 1. The number of imidazole rings is 1. The van der Waals surface area contributed by atoms with E-state index in [1.54, 1.807) is 27.8 Å². The molecule has 1 aromatic carbocycles. The van der Waals surface area contributed by atoms with Crippen LogP contribution in [0.25, 0.3) is 33.5 Å². The van der Waals surface area contributed by atoms with E-state index in [9.17, 15) is 4.79 Å². The predicted molar refractivity (Wildman–Crippen MR) is 101 cm³/mol. The lowest BCUT2D eigenvalue weighted by atomic mass is 10.1. The van der Waals surface area contributed by atoms with Crippen LogP contribution in [0.1, 0.15) is 5.56 Å². The molecule has 0 atom stereocenters. The van der Waals surface area contributed by atoms with Crippen LogP contribution in [0.15, 0.2) is 59.9 Å². The summed E-state index contributed by atoms with van der Waals surface area (Å²) in [6, 6.07) is 9.86. The Hall–Kier alpha value is -3.81. The predicted octanol–water partition coefficient (Wildman–Crippen LogP) is 2.12. The summed E-state index contributed by atoms with van der Waals surface area (Å²) < 4.78 is 3.30. The van der Waals surface area contributed by atoms with Gasteiger partial charge in [0, 0.05) is 30.4 Å². The summed E-state index contributed by atoms with van der Waals surface area (Å²) in [7, 11) is 1.84. The van der Waals surface area contributed by atoms with Crippen LogP contribution in [0.5, 0.6) is 0 Å². The highest BCUT2D eigenvalue weighted by atomic mass is 16.1. The molecule has 4 heterocycles. The van der Waals surface area contributed by atoms with Gasteiger partial charge in [-0.1, -0.05) is 12.1 Å².